The van der Waals surface area contributed by atoms with E-state index in [9.17, 15) is 13.2 Å². The van der Waals surface area contributed by atoms with Crippen molar-refractivity contribution in [3.05, 3.63) is 76.1 Å². The van der Waals surface area contributed by atoms with Crippen LogP contribution in [0.5, 0.6) is 0 Å². The third-order valence-electron chi connectivity index (χ3n) is 5.98. The van der Waals surface area contributed by atoms with Crippen LogP contribution >= 0.6 is 0 Å². The summed E-state index contributed by atoms with van der Waals surface area (Å²) in [4.78, 5) is 11.7. The number of anilines is 1. The number of nitrogens with one attached hydrogen (secondary N) is 1. The number of benzene rings is 2. The molecule has 4 rings (SSSR count). The molecule has 34 heavy (non-hydrogen) atoms. The Morgan fingerprint density at radius 1 is 1.09 bits per heavy atom. The summed E-state index contributed by atoms with van der Waals surface area (Å²) in [5.74, 6) is -0.318. The number of nitrogens with zero attached hydrogens (tertiary/aromatic N) is 3. The molecule has 1 aromatic heterocycles. The number of rotatable bonds is 7. The van der Waals surface area contributed by atoms with Crippen LogP contribution in [-0.2, 0) is 52.8 Å². The molecule has 2 heterocycles. The first kappa shape index (κ1) is 24.1. The maximum atomic E-state index is 13.6. The van der Waals surface area contributed by atoms with Crippen molar-refractivity contribution >= 4 is 21.6 Å². The van der Waals surface area contributed by atoms with Gasteiger partial charge in [0.2, 0.25) is 15.9 Å². The fraction of sp³-hybridized carbons (Fsp3) is 0.360. The average Bonchev–Trinajstić information content (AvgIpc) is 3.11. The van der Waals surface area contributed by atoms with Crippen LogP contribution in [-0.4, -0.2) is 35.0 Å². The summed E-state index contributed by atoms with van der Waals surface area (Å²) < 4.78 is 36.4. The Balaban J connectivity index is 1.55. The standard InChI is InChI=1S/C25H30N4O4S/c1-17-5-8-20(9-6-17)15-33-16-23-21-14-29(12-11-24(21)28(4)27-23)34(31,32)25-13-18(2)7-10-22(25)26-19(3)30/h5-10,13H,11-12,14-16H2,1-4H3,(H,26,30). The molecule has 0 radical (unpaired) electrons. The maximum Gasteiger partial charge on any atom is 0.245 e. The third-order valence-corrected chi connectivity index (χ3v) is 7.87. The zero-order valence-corrected chi connectivity index (χ0v) is 20.8. The SMILES string of the molecule is CC(=O)Nc1ccc(C)cc1S(=O)(=O)N1CCc2c(c(COCc3ccc(C)cc3)nn2C)C1. The topological polar surface area (TPSA) is 93.5 Å². The van der Waals surface area contributed by atoms with Crippen LogP contribution in [0.4, 0.5) is 5.69 Å². The number of fused-ring (bicyclic) bond motifs is 1. The van der Waals surface area contributed by atoms with Gasteiger partial charge in [-0.1, -0.05) is 35.9 Å². The lowest BCUT2D eigenvalue weighted by Gasteiger charge is -2.28. The van der Waals surface area contributed by atoms with Crippen molar-refractivity contribution in [1.29, 1.82) is 0 Å². The minimum absolute atomic E-state index is 0.104. The van der Waals surface area contributed by atoms with Crippen molar-refractivity contribution in [1.82, 2.24) is 14.1 Å². The predicted molar refractivity (Wildman–Crippen MR) is 130 cm³/mol. The number of hydrogen-bond donors (Lipinski definition) is 1. The summed E-state index contributed by atoms with van der Waals surface area (Å²) in [7, 11) is -1.96. The molecule has 9 heteroatoms. The first-order chi connectivity index (χ1) is 16.1. The van der Waals surface area contributed by atoms with E-state index in [0.717, 1.165) is 28.1 Å². The summed E-state index contributed by atoms with van der Waals surface area (Å²) in [6, 6.07) is 13.2. The average molecular weight is 483 g/mol. The van der Waals surface area contributed by atoms with E-state index in [1.54, 1.807) is 18.2 Å². The third kappa shape index (κ3) is 5.06. The monoisotopic (exact) mass is 482 g/mol. The van der Waals surface area contributed by atoms with E-state index < -0.39 is 10.0 Å². The molecule has 8 nitrogen and oxygen atoms in total. The first-order valence-corrected chi connectivity index (χ1v) is 12.6. The van der Waals surface area contributed by atoms with Gasteiger partial charge in [0.1, 0.15) is 4.90 Å². The molecule has 0 spiro atoms. The minimum Gasteiger partial charge on any atom is -0.370 e. The summed E-state index contributed by atoms with van der Waals surface area (Å²) in [5, 5.41) is 7.26. The van der Waals surface area contributed by atoms with Gasteiger partial charge in [0.15, 0.2) is 0 Å². The number of aromatic nitrogens is 2. The second-order valence-electron chi connectivity index (χ2n) is 8.74. The molecule has 2 aromatic carbocycles. The van der Waals surface area contributed by atoms with Crippen LogP contribution in [0.15, 0.2) is 47.4 Å². The van der Waals surface area contributed by atoms with Crippen LogP contribution in [0, 0.1) is 13.8 Å². The molecular formula is C25H30N4O4S. The largest absolute Gasteiger partial charge is 0.370 e. The van der Waals surface area contributed by atoms with Crippen LogP contribution in [0.2, 0.25) is 0 Å². The lowest BCUT2D eigenvalue weighted by Crippen LogP contribution is -2.37. The van der Waals surface area contributed by atoms with Gasteiger partial charge in [-0.05, 0) is 37.1 Å². The zero-order chi connectivity index (χ0) is 24.5. The quantitative estimate of drug-likeness (QED) is 0.557. The van der Waals surface area contributed by atoms with Gasteiger partial charge in [0.25, 0.3) is 0 Å². The fourth-order valence-corrected chi connectivity index (χ4v) is 5.83. The van der Waals surface area contributed by atoms with Gasteiger partial charge in [-0.15, -0.1) is 0 Å². The molecule has 0 aliphatic carbocycles. The van der Waals surface area contributed by atoms with Gasteiger partial charge < -0.3 is 10.1 Å². The Bertz CT molecular complexity index is 1310. The van der Waals surface area contributed by atoms with E-state index >= 15 is 0 Å². The highest BCUT2D eigenvalue weighted by Crippen LogP contribution is 2.31. The predicted octanol–water partition coefficient (Wildman–Crippen LogP) is 3.46. The summed E-state index contributed by atoms with van der Waals surface area (Å²) in [6.45, 7) is 6.54. The lowest BCUT2D eigenvalue weighted by atomic mass is 10.1. The second-order valence-corrected chi connectivity index (χ2v) is 10.6. The van der Waals surface area contributed by atoms with Gasteiger partial charge in [0, 0.05) is 44.7 Å². The Kier molecular flexibility index (Phi) is 6.88. The Morgan fingerprint density at radius 2 is 1.79 bits per heavy atom. The number of hydrogen-bond acceptors (Lipinski definition) is 5. The normalized spacial score (nSPS) is 14.1. The molecule has 1 aliphatic heterocycles. The van der Waals surface area contributed by atoms with Gasteiger partial charge in [0.05, 0.1) is 24.6 Å². The molecule has 0 saturated carbocycles. The number of sulfonamides is 1. The minimum atomic E-state index is -3.84. The summed E-state index contributed by atoms with van der Waals surface area (Å²) >= 11 is 0. The van der Waals surface area contributed by atoms with Crippen molar-refractivity contribution in [3.8, 4) is 0 Å². The van der Waals surface area contributed by atoms with E-state index in [-0.39, 0.29) is 23.0 Å². The van der Waals surface area contributed by atoms with Crippen LogP contribution in [0.3, 0.4) is 0 Å². The molecular weight excluding hydrogens is 452 g/mol. The molecule has 1 aliphatic rings. The van der Waals surface area contributed by atoms with Crippen LogP contribution in [0.1, 0.15) is 40.6 Å². The molecule has 0 atom stereocenters. The van der Waals surface area contributed by atoms with Crippen molar-refractivity contribution in [2.75, 3.05) is 11.9 Å². The van der Waals surface area contributed by atoms with Gasteiger partial charge in [-0.3, -0.25) is 9.48 Å². The summed E-state index contributed by atoms with van der Waals surface area (Å²) in [6.07, 6.45) is 0.553. The first-order valence-electron chi connectivity index (χ1n) is 11.2. The van der Waals surface area contributed by atoms with Gasteiger partial charge >= 0.3 is 0 Å². The Hall–Kier alpha value is -3.01. The molecule has 180 valence electrons. The van der Waals surface area contributed by atoms with Crippen LogP contribution < -0.4 is 5.32 Å². The van der Waals surface area contributed by atoms with Crippen molar-refractivity contribution in [2.45, 2.75) is 51.8 Å². The Morgan fingerprint density at radius 3 is 2.50 bits per heavy atom. The highest BCUT2D eigenvalue weighted by molar-refractivity contribution is 7.89. The fourth-order valence-electron chi connectivity index (χ4n) is 4.19. The molecule has 0 unspecified atom stereocenters. The van der Waals surface area contributed by atoms with Gasteiger partial charge in [-0.25, -0.2) is 8.42 Å². The van der Waals surface area contributed by atoms with Crippen molar-refractivity contribution in [2.24, 2.45) is 7.05 Å². The van der Waals surface area contributed by atoms with Crippen molar-refractivity contribution < 1.29 is 17.9 Å². The smallest absolute Gasteiger partial charge is 0.245 e. The maximum absolute atomic E-state index is 13.6. The van der Waals surface area contributed by atoms with E-state index in [0.29, 0.717) is 26.2 Å². The second kappa shape index (κ2) is 9.69. The number of aryl methyl sites for hydroxylation is 3. The molecule has 0 saturated heterocycles. The van der Waals surface area contributed by atoms with Crippen LogP contribution in [0.25, 0.3) is 0 Å². The zero-order valence-electron chi connectivity index (χ0n) is 20.0. The molecule has 0 bridgehead atoms. The van der Waals surface area contributed by atoms with Crippen molar-refractivity contribution in [3.63, 3.8) is 0 Å². The highest BCUT2D eigenvalue weighted by Gasteiger charge is 2.33. The van der Waals surface area contributed by atoms with Gasteiger partial charge in [-0.2, -0.15) is 9.40 Å². The van der Waals surface area contributed by atoms with E-state index in [1.165, 1.54) is 16.8 Å². The van der Waals surface area contributed by atoms with E-state index in [2.05, 4.69) is 10.4 Å². The molecule has 3 aromatic rings. The Labute approximate surface area is 200 Å². The lowest BCUT2D eigenvalue weighted by molar-refractivity contribution is -0.114. The molecule has 1 N–H and O–H groups in total. The van der Waals surface area contributed by atoms with E-state index in [4.69, 9.17) is 4.74 Å². The summed E-state index contributed by atoms with van der Waals surface area (Å²) in [5.41, 5.74) is 6.01. The number of carbonyl (C=O) groups excluding carboxylic acids is 1. The number of amides is 1. The molecule has 0 fully saturated rings. The number of carbonyl (C=O) groups is 1. The van der Waals surface area contributed by atoms with E-state index in [1.807, 2.05) is 49.8 Å². The molecule has 1 amide bonds. The number of ether oxygens (including phenoxy) is 1. The highest BCUT2D eigenvalue weighted by atomic mass is 32.2.